The minimum absolute atomic E-state index is 0.212. The number of carbonyl (C=O) groups is 1. The summed E-state index contributed by atoms with van der Waals surface area (Å²) in [4.78, 5) is 12.8. The summed E-state index contributed by atoms with van der Waals surface area (Å²) in [6, 6.07) is 20.3. The van der Waals surface area contributed by atoms with Crippen molar-refractivity contribution in [3.8, 4) is 17.1 Å². The molecule has 0 unspecified atom stereocenters. The lowest BCUT2D eigenvalue weighted by atomic mass is 10.1. The Hall–Kier alpha value is -4.46. The number of hydrogen-bond acceptors (Lipinski definition) is 6. The number of amides is 1. The number of rotatable bonds is 6. The lowest BCUT2D eigenvalue weighted by Crippen LogP contribution is -2.11. The van der Waals surface area contributed by atoms with Gasteiger partial charge in [0.05, 0.1) is 11.3 Å². The third-order valence-corrected chi connectivity index (χ3v) is 5.37. The van der Waals surface area contributed by atoms with Gasteiger partial charge in [-0.2, -0.15) is 0 Å². The Balaban J connectivity index is 1.27. The van der Waals surface area contributed by atoms with E-state index in [1.807, 2.05) is 66.9 Å². The minimum Gasteiger partial charge on any atom is -0.489 e. The van der Waals surface area contributed by atoms with Gasteiger partial charge in [0, 0.05) is 23.0 Å². The van der Waals surface area contributed by atoms with Gasteiger partial charge in [0.2, 0.25) is 0 Å². The molecule has 0 saturated heterocycles. The first kappa shape index (κ1) is 20.4. The smallest absolute Gasteiger partial charge is 0.255 e. The average Bonchev–Trinajstić information content (AvgIpc) is 3.41. The van der Waals surface area contributed by atoms with E-state index in [9.17, 15) is 4.79 Å². The summed E-state index contributed by atoms with van der Waals surface area (Å²) in [6.07, 6.45) is 1.91. The fourth-order valence-electron chi connectivity index (χ4n) is 3.54. The van der Waals surface area contributed by atoms with E-state index in [1.165, 1.54) is 0 Å². The van der Waals surface area contributed by atoms with Crippen molar-refractivity contribution in [1.82, 2.24) is 19.8 Å². The van der Waals surface area contributed by atoms with Crippen molar-refractivity contribution in [2.75, 3.05) is 5.32 Å². The fraction of sp³-hybridized carbons (Fsp3) is 0.120. The highest BCUT2D eigenvalue weighted by Crippen LogP contribution is 2.23. The molecule has 2 aromatic carbocycles. The van der Waals surface area contributed by atoms with E-state index in [2.05, 4.69) is 20.7 Å². The minimum atomic E-state index is -0.212. The molecule has 164 valence electrons. The van der Waals surface area contributed by atoms with Gasteiger partial charge in [0.1, 0.15) is 18.1 Å². The Kier molecular flexibility index (Phi) is 5.32. The number of fused-ring (bicyclic) bond motifs is 1. The van der Waals surface area contributed by atoms with Crippen LogP contribution in [0, 0.1) is 13.8 Å². The topological polar surface area (TPSA) is 94.5 Å². The van der Waals surface area contributed by atoms with Gasteiger partial charge in [-0.25, -0.2) is 0 Å². The molecule has 1 N–H and O–H groups in total. The molecule has 3 heterocycles. The van der Waals surface area contributed by atoms with Crippen molar-refractivity contribution in [2.45, 2.75) is 20.5 Å². The monoisotopic (exact) mass is 439 g/mol. The van der Waals surface area contributed by atoms with E-state index < -0.39 is 0 Å². The molecule has 0 bridgehead atoms. The van der Waals surface area contributed by atoms with E-state index in [4.69, 9.17) is 9.26 Å². The Morgan fingerprint density at radius 1 is 1.03 bits per heavy atom. The summed E-state index contributed by atoms with van der Waals surface area (Å²) in [5.41, 5.74) is 4.55. The van der Waals surface area contributed by atoms with Crippen LogP contribution in [-0.2, 0) is 6.61 Å². The molecule has 0 atom stereocenters. The molecular formula is C25H21N5O3. The summed E-state index contributed by atoms with van der Waals surface area (Å²) in [7, 11) is 0. The van der Waals surface area contributed by atoms with E-state index in [-0.39, 0.29) is 5.91 Å². The molecule has 0 aliphatic heterocycles. The molecule has 3 aromatic heterocycles. The van der Waals surface area contributed by atoms with Crippen molar-refractivity contribution in [3.05, 3.63) is 95.5 Å². The lowest BCUT2D eigenvalue weighted by molar-refractivity contribution is 0.102. The number of hydrogen-bond donors (Lipinski definition) is 1. The third kappa shape index (κ3) is 4.18. The highest BCUT2D eigenvalue weighted by molar-refractivity contribution is 6.04. The van der Waals surface area contributed by atoms with Gasteiger partial charge in [-0.15, -0.1) is 10.2 Å². The maximum absolute atomic E-state index is 12.8. The van der Waals surface area contributed by atoms with Gasteiger partial charge in [-0.1, -0.05) is 23.4 Å². The predicted octanol–water partition coefficient (Wildman–Crippen LogP) is 4.83. The van der Waals surface area contributed by atoms with Crippen molar-refractivity contribution in [3.63, 3.8) is 0 Å². The van der Waals surface area contributed by atoms with Crippen LogP contribution in [0.4, 0.5) is 5.69 Å². The summed E-state index contributed by atoms with van der Waals surface area (Å²) in [5.74, 6) is 1.90. The van der Waals surface area contributed by atoms with Crippen LogP contribution in [0.2, 0.25) is 0 Å². The van der Waals surface area contributed by atoms with Gasteiger partial charge in [0.15, 0.2) is 11.5 Å². The van der Waals surface area contributed by atoms with E-state index in [0.717, 1.165) is 28.2 Å². The molecule has 0 aliphatic rings. The maximum atomic E-state index is 12.8. The van der Waals surface area contributed by atoms with Crippen LogP contribution in [0.25, 0.3) is 17.0 Å². The highest BCUT2D eigenvalue weighted by atomic mass is 16.5. The standard InChI is InChI=1S/C25H21N5O3/c1-16-22(17(2)33-29-16)15-32-21-11-9-18(10-12-21)25(31)26-20-7-5-6-19(14-20)24-28-27-23-8-3-4-13-30(23)24/h3-14H,15H2,1-2H3,(H,26,31). The molecule has 0 spiro atoms. The number of anilines is 1. The number of nitrogens with one attached hydrogen (secondary N) is 1. The van der Waals surface area contributed by atoms with Gasteiger partial charge in [-0.05, 0) is 62.4 Å². The molecule has 1 amide bonds. The first-order valence-electron chi connectivity index (χ1n) is 10.4. The van der Waals surface area contributed by atoms with Crippen molar-refractivity contribution < 1.29 is 14.1 Å². The van der Waals surface area contributed by atoms with Crippen molar-refractivity contribution in [2.24, 2.45) is 0 Å². The van der Waals surface area contributed by atoms with Crippen LogP contribution in [0.5, 0.6) is 5.75 Å². The van der Waals surface area contributed by atoms with E-state index >= 15 is 0 Å². The van der Waals surface area contributed by atoms with Crippen molar-refractivity contribution in [1.29, 1.82) is 0 Å². The van der Waals surface area contributed by atoms with Crippen LogP contribution >= 0.6 is 0 Å². The Morgan fingerprint density at radius 3 is 2.67 bits per heavy atom. The van der Waals surface area contributed by atoms with Gasteiger partial charge in [-0.3, -0.25) is 9.20 Å². The van der Waals surface area contributed by atoms with E-state index in [0.29, 0.717) is 29.4 Å². The summed E-state index contributed by atoms with van der Waals surface area (Å²) >= 11 is 0. The fourth-order valence-corrected chi connectivity index (χ4v) is 3.54. The molecule has 0 radical (unpaired) electrons. The highest BCUT2D eigenvalue weighted by Gasteiger charge is 2.12. The molecule has 8 heteroatoms. The molecule has 33 heavy (non-hydrogen) atoms. The molecule has 0 aliphatic carbocycles. The normalized spacial score (nSPS) is 11.0. The third-order valence-electron chi connectivity index (χ3n) is 5.37. The first-order valence-corrected chi connectivity index (χ1v) is 10.4. The summed E-state index contributed by atoms with van der Waals surface area (Å²) < 4.78 is 12.9. The quantitative estimate of drug-likeness (QED) is 0.407. The zero-order chi connectivity index (χ0) is 22.8. The molecule has 5 rings (SSSR count). The van der Waals surface area contributed by atoms with Crippen LogP contribution in [0.1, 0.15) is 27.4 Å². The molecule has 5 aromatic rings. The van der Waals surface area contributed by atoms with E-state index in [1.54, 1.807) is 24.3 Å². The van der Waals surface area contributed by atoms with Gasteiger partial charge >= 0.3 is 0 Å². The lowest BCUT2D eigenvalue weighted by Gasteiger charge is -2.09. The van der Waals surface area contributed by atoms with Crippen LogP contribution < -0.4 is 10.1 Å². The van der Waals surface area contributed by atoms with Gasteiger partial charge in [0.25, 0.3) is 5.91 Å². The van der Waals surface area contributed by atoms with Gasteiger partial charge < -0.3 is 14.6 Å². The number of pyridine rings is 1. The molecule has 0 saturated carbocycles. The first-order chi connectivity index (χ1) is 16.1. The van der Waals surface area contributed by atoms with Crippen LogP contribution in [0.15, 0.2) is 77.4 Å². The number of nitrogens with zero attached hydrogens (tertiary/aromatic N) is 4. The second kappa shape index (κ2) is 8.58. The number of aromatic nitrogens is 4. The number of aryl methyl sites for hydroxylation is 2. The zero-order valence-electron chi connectivity index (χ0n) is 18.1. The summed E-state index contributed by atoms with van der Waals surface area (Å²) in [5, 5.41) is 15.3. The van der Waals surface area contributed by atoms with Crippen LogP contribution in [0.3, 0.4) is 0 Å². The predicted molar refractivity (Wildman–Crippen MR) is 123 cm³/mol. The average molecular weight is 439 g/mol. The number of carbonyl (C=O) groups excluding carboxylic acids is 1. The molecular weight excluding hydrogens is 418 g/mol. The second-order valence-electron chi connectivity index (χ2n) is 7.60. The second-order valence-corrected chi connectivity index (χ2v) is 7.60. The Morgan fingerprint density at radius 2 is 1.88 bits per heavy atom. The van der Waals surface area contributed by atoms with Crippen molar-refractivity contribution >= 4 is 17.2 Å². The largest absolute Gasteiger partial charge is 0.489 e. The zero-order valence-corrected chi connectivity index (χ0v) is 18.1. The van der Waals surface area contributed by atoms with Crippen LogP contribution in [-0.4, -0.2) is 25.7 Å². The summed E-state index contributed by atoms with van der Waals surface area (Å²) in [6.45, 7) is 4.09. The number of benzene rings is 2. The molecule has 8 nitrogen and oxygen atoms in total. The molecule has 0 fully saturated rings. The SMILES string of the molecule is Cc1noc(C)c1COc1ccc(C(=O)Nc2cccc(-c3nnc4ccccn34)c2)cc1. The number of ether oxygens (including phenoxy) is 1. The Labute approximate surface area is 189 Å². The Bertz CT molecular complexity index is 1420. The maximum Gasteiger partial charge on any atom is 0.255 e.